The van der Waals surface area contributed by atoms with Gasteiger partial charge >= 0.3 is 39.5 Å². The van der Waals surface area contributed by atoms with E-state index in [0.29, 0.717) is 31.6 Å². The Bertz CT molecular complexity index is 1910. The summed E-state index contributed by atoms with van der Waals surface area (Å²) in [5.41, 5.74) is 0. The van der Waals surface area contributed by atoms with E-state index in [1.165, 1.54) is 193 Å². The fraction of sp³-hybridized carbons (Fsp3) is 0.949. The van der Waals surface area contributed by atoms with Crippen LogP contribution in [0.15, 0.2) is 0 Å². The second-order valence-electron chi connectivity index (χ2n) is 29.5. The van der Waals surface area contributed by atoms with Crippen LogP contribution in [0.5, 0.6) is 0 Å². The van der Waals surface area contributed by atoms with E-state index in [1.807, 2.05) is 0 Å². The standard InChI is InChI=1S/C78H152O17P2/c1-9-70(7)56-48-40-32-24-19-17-15-13-11-12-14-16-18-20-25-35-44-52-60-77(82)94-73(64-88-75(80)58-50-42-34-28-27-33-41-49-57-71(8)10-2)66-92-96(84,85)90-62-72(79)63-91-97(86,87)93-67-74(65-89-76(81)59-51-43-37-29-31-39-47-55-69(5)6)95-78(83)61-53-45-36-26-22-21-23-30-38-46-54-68(3)4/h68-74,79H,9-67H2,1-8H3,(H,84,85)(H,86,87)/t70?,71?,72?,73-,74-/m1/s1. The number of hydrogen-bond donors (Lipinski definition) is 3. The van der Waals surface area contributed by atoms with Crippen LogP contribution in [-0.4, -0.2) is 96.7 Å². The Morgan fingerprint density at radius 1 is 0.289 bits per heavy atom. The predicted octanol–water partition coefficient (Wildman–Crippen LogP) is 22.8. The summed E-state index contributed by atoms with van der Waals surface area (Å²) in [6.07, 6.45) is 52.8. The first-order chi connectivity index (χ1) is 46.7. The van der Waals surface area contributed by atoms with Gasteiger partial charge in [0, 0.05) is 25.7 Å². The average molecular weight is 1420 g/mol. The maximum absolute atomic E-state index is 13.1. The largest absolute Gasteiger partial charge is 0.472 e. The zero-order valence-electron chi connectivity index (χ0n) is 63.7. The molecule has 0 fully saturated rings. The molecule has 576 valence electrons. The zero-order valence-corrected chi connectivity index (χ0v) is 65.5. The molecular formula is C78H152O17P2. The predicted molar refractivity (Wildman–Crippen MR) is 395 cm³/mol. The minimum Gasteiger partial charge on any atom is -0.462 e. The summed E-state index contributed by atoms with van der Waals surface area (Å²) in [5, 5.41) is 10.6. The molecule has 7 atom stereocenters. The van der Waals surface area contributed by atoms with Crippen molar-refractivity contribution in [1.82, 2.24) is 0 Å². The Hall–Kier alpha value is -1.94. The highest BCUT2D eigenvalue weighted by molar-refractivity contribution is 7.47. The van der Waals surface area contributed by atoms with Crippen LogP contribution in [0, 0.1) is 23.7 Å². The summed E-state index contributed by atoms with van der Waals surface area (Å²) in [6.45, 7) is 14.2. The van der Waals surface area contributed by atoms with E-state index in [0.717, 1.165) is 114 Å². The van der Waals surface area contributed by atoms with Gasteiger partial charge in [0.2, 0.25) is 0 Å². The molecule has 0 heterocycles. The summed E-state index contributed by atoms with van der Waals surface area (Å²) in [7, 11) is -9.92. The topological polar surface area (TPSA) is 237 Å². The van der Waals surface area contributed by atoms with Crippen molar-refractivity contribution in [2.75, 3.05) is 39.6 Å². The number of carbonyl (C=O) groups is 4. The quantitative estimate of drug-likeness (QED) is 0.0222. The molecular weight excluding hydrogens is 1270 g/mol. The van der Waals surface area contributed by atoms with Crippen LogP contribution >= 0.6 is 15.6 Å². The molecule has 0 saturated carbocycles. The number of ether oxygens (including phenoxy) is 4. The van der Waals surface area contributed by atoms with Crippen LogP contribution in [0.3, 0.4) is 0 Å². The van der Waals surface area contributed by atoms with Crippen molar-refractivity contribution in [2.45, 2.75) is 414 Å². The first-order valence-corrected chi connectivity index (χ1v) is 43.3. The van der Waals surface area contributed by atoms with Crippen molar-refractivity contribution >= 4 is 39.5 Å². The lowest BCUT2D eigenvalue weighted by Crippen LogP contribution is -2.30. The lowest BCUT2D eigenvalue weighted by Gasteiger charge is -2.21. The number of rotatable bonds is 75. The van der Waals surface area contributed by atoms with Gasteiger partial charge in [-0.15, -0.1) is 0 Å². The summed E-state index contributed by atoms with van der Waals surface area (Å²) in [5.74, 6) is 0.985. The van der Waals surface area contributed by atoms with E-state index in [4.69, 9.17) is 37.0 Å². The molecule has 0 aliphatic heterocycles. The molecule has 0 spiro atoms. The summed E-state index contributed by atoms with van der Waals surface area (Å²) in [4.78, 5) is 72.8. The van der Waals surface area contributed by atoms with Crippen LogP contribution in [0.1, 0.15) is 396 Å². The Morgan fingerprint density at radius 2 is 0.495 bits per heavy atom. The van der Waals surface area contributed by atoms with Gasteiger partial charge in [-0.05, 0) is 49.4 Å². The van der Waals surface area contributed by atoms with Crippen molar-refractivity contribution in [3.63, 3.8) is 0 Å². The van der Waals surface area contributed by atoms with Crippen molar-refractivity contribution in [2.24, 2.45) is 23.7 Å². The van der Waals surface area contributed by atoms with Gasteiger partial charge in [-0.3, -0.25) is 37.3 Å². The summed E-state index contributed by atoms with van der Waals surface area (Å²) >= 11 is 0. The first-order valence-electron chi connectivity index (χ1n) is 40.3. The molecule has 0 radical (unpaired) electrons. The highest BCUT2D eigenvalue weighted by Gasteiger charge is 2.30. The molecule has 19 heteroatoms. The number of phosphoric ester groups is 2. The van der Waals surface area contributed by atoms with Crippen molar-refractivity contribution in [1.29, 1.82) is 0 Å². The second-order valence-corrected chi connectivity index (χ2v) is 32.4. The van der Waals surface area contributed by atoms with Crippen LogP contribution in [0.2, 0.25) is 0 Å². The maximum atomic E-state index is 13.1. The normalized spacial score (nSPS) is 14.6. The van der Waals surface area contributed by atoms with E-state index < -0.39 is 97.5 Å². The average Bonchev–Trinajstić information content (AvgIpc) is 0.978. The Kier molecular flexibility index (Phi) is 65.9. The molecule has 0 aliphatic carbocycles. The molecule has 0 saturated heterocycles. The third-order valence-electron chi connectivity index (χ3n) is 18.8. The number of hydrogen-bond acceptors (Lipinski definition) is 15. The van der Waals surface area contributed by atoms with Gasteiger partial charge in [-0.25, -0.2) is 9.13 Å². The van der Waals surface area contributed by atoms with E-state index in [2.05, 4.69) is 55.4 Å². The lowest BCUT2D eigenvalue weighted by molar-refractivity contribution is -0.161. The minimum absolute atomic E-state index is 0.105. The molecule has 0 aromatic rings. The minimum atomic E-state index is -4.96. The smallest absolute Gasteiger partial charge is 0.462 e. The molecule has 0 aromatic heterocycles. The van der Waals surface area contributed by atoms with E-state index in [-0.39, 0.29) is 25.7 Å². The van der Waals surface area contributed by atoms with E-state index >= 15 is 0 Å². The highest BCUT2D eigenvalue weighted by Crippen LogP contribution is 2.45. The monoisotopic (exact) mass is 1420 g/mol. The second kappa shape index (κ2) is 67.2. The number of esters is 4. The Balaban J connectivity index is 5.20. The van der Waals surface area contributed by atoms with Crippen LogP contribution in [-0.2, 0) is 65.4 Å². The maximum Gasteiger partial charge on any atom is 0.472 e. The fourth-order valence-corrected chi connectivity index (χ4v) is 13.4. The lowest BCUT2D eigenvalue weighted by atomic mass is 9.99. The molecule has 97 heavy (non-hydrogen) atoms. The zero-order chi connectivity index (χ0) is 71.7. The van der Waals surface area contributed by atoms with Gasteiger partial charge in [0.15, 0.2) is 12.2 Å². The number of aliphatic hydroxyl groups excluding tert-OH is 1. The molecule has 0 rings (SSSR count). The molecule has 0 amide bonds. The summed E-state index contributed by atoms with van der Waals surface area (Å²) in [6, 6.07) is 0. The fourth-order valence-electron chi connectivity index (χ4n) is 11.8. The molecule has 0 bridgehead atoms. The Morgan fingerprint density at radius 3 is 0.732 bits per heavy atom. The Labute approximate surface area is 594 Å². The third-order valence-corrected chi connectivity index (χ3v) is 20.7. The molecule has 0 aliphatic rings. The first kappa shape index (κ1) is 95.1. The van der Waals surface area contributed by atoms with E-state index in [1.54, 1.807) is 0 Å². The number of unbranched alkanes of at least 4 members (excludes halogenated alkanes) is 39. The summed E-state index contributed by atoms with van der Waals surface area (Å²) < 4.78 is 68.5. The molecule has 5 unspecified atom stereocenters. The van der Waals surface area contributed by atoms with Crippen molar-refractivity contribution in [3.05, 3.63) is 0 Å². The highest BCUT2D eigenvalue weighted by atomic mass is 31.2. The number of carbonyl (C=O) groups excluding carboxylic acids is 4. The van der Waals surface area contributed by atoms with Gasteiger partial charge in [-0.2, -0.15) is 0 Å². The molecule has 17 nitrogen and oxygen atoms in total. The van der Waals surface area contributed by atoms with Gasteiger partial charge in [0.25, 0.3) is 0 Å². The van der Waals surface area contributed by atoms with Crippen molar-refractivity contribution in [3.8, 4) is 0 Å². The molecule has 0 aromatic carbocycles. The third kappa shape index (κ3) is 69.5. The van der Waals surface area contributed by atoms with Crippen LogP contribution < -0.4 is 0 Å². The van der Waals surface area contributed by atoms with Gasteiger partial charge < -0.3 is 33.8 Å². The van der Waals surface area contributed by atoms with Gasteiger partial charge in [0.1, 0.15) is 19.3 Å². The van der Waals surface area contributed by atoms with Gasteiger partial charge in [0.05, 0.1) is 26.4 Å². The number of phosphoric acid groups is 2. The number of aliphatic hydroxyl groups is 1. The SMILES string of the molecule is CCC(C)CCCCCCCCCCCCCCCCCCCCC(=O)O[C@H](COC(=O)CCCCCCCCCCC(C)CC)COP(=O)(O)OCC(O)COP(=O)(O)OC[C@@H](COC(=O)CCCCCCCCCC(C)C)OC(=O)CCCCCCCCCCCCC(C)C. The van der Waals surface area contributed by atoms with Crippen LogP contribution in [0.25, 0.3) is 0 Å². The molecule has 3 N–H and O–H groups in total. The van der Waals surface area contributed by atoms with E-state index in [9.17, 15) is 43.2 Å². The van der Waals surface area contributed by atoms with Crippen molar-refractivity contribution < 1.29 is 80.2 Å². The van der Waals surface area contributed by atoms with Crippen LogP contribution in [0.4, 0.5) is 0 Å². The van der Waals surface area contributed by atoms with Gasteiger partial charge in [-0.1, -0.05) is 344 Å².